The smallest absolute Gasteiger partial charge is 0.134 e. The van der Waals surface area contributed by atoms with Gasteiger partial charge in [0, 0.05) is 30.9 Å². The molecule has 0 aromatic heterocycles. The van der Waals surface area contributed by atoms with Crippen LogP contribution in [0.25, 0.3) is 0 Å². The molecule has 3 atom stereocenters. The molecule has 1 N–H and O–H groups in total. The topological polar surface area (TPSA) is 38.3 Å². The van der Waals surface area contributed by atoms with Gasteiger partial charge in [0.1, 0.15) is 5.78 Å². The lowest BCUT2D eigenvalue weighted by Gasteiger charge is -2.63. The Balaban J connectivity index is 1.92. The Morgan fingerprint density at radius 2 is 2.22 bits per heavy atom. The second-order valence-corrected chi connectivity index (χ2v) is 7.60. The van der Waals surface area contributed by atoms with Gasteiger partial charge in [-0.3, -0.25) is 4.79 Å². The summed E-state index contributed by atoms with van der Waals surface area (Å²) in [6.07, 6.45) is 5.27. The molecule has 124 valence electrons. The summed E-state index contributed by atoms with van der Waals surface area (Å²) in [5.74, 6) is 0.413. The summed E-state index contributed by atoms with van der Waals surface area (Å²) in [5, 5.41) is 3.74. The van der Waals surface area contributed by atoms with E-state index in [1.54, 1.807) is 0 Å². The van der Waals surface area contributed by atoms with Gasteiger partial charge < -0.3 is 10.1 Å². The van der Waals surface area contributed by atoms with Gasteiger partial charge in [-0.1, -0.05) is 25.1 Å². The van der Waals surface area contributed by atoms with Gasteiger partial charge in [-0.25, -0.2) is 0 Å². The van der Waals surface area contributed by atoms with Crippen molar-refractivity contribution in [2.45, 2.75) is 69.4 Å². The minimum Gasteiger partial charge on any atom is -0.372 e. The maximum Gasteiger partial charge on any atom is 0.134 e. The van der Waals surface area contributed by atoms with Crippen LogP contribution in [0.2, 0.25) is 0 Å². The van der Waals surface area contributed by atoms with Crippen LogP contribution in [0.5, 0.6) is 0 Å². The molecule has 3 aliphatic rings. The second kappa shape index (κ2) is 5.42. The summed E-state index contributed by atoms with van der Waals surface area (Å²) in [4.78, 5) is 12.4. The molecular formula is C20H27NO2. The van der Waals surface area contributed by atoms with Crippen LogP contribution < -0.4 is 5.32 Å². The number of piperidine rings is 1. The van der Waals surface area contributed by atoms with Gasteiger partial charge in [0.15, 0.2) is 0 Å². The molecule has 1 aliphatic heterocycles. The molecule has 1 heterocycles. The first kappa shape index (κ1) is 15.3. The van der Waals surface area contributed by atoms with Crippen LogP contribution in [0.4, 0.5) is 0 Å². The summed E-state index contributed by atoms with van der Waals surface area (Å²) >= 11 is 0. The zero-order chi connectivity index (χ0) is 16.1. The molecule has 0 spiro atoms. The van der Waals surface area contributed by atoms with Crippen LogP contribution in [0, 0.1) is 6.92 Å². The molecule has 2 aliphatic carbocycles. The number of hydrogen-bond acceptors (Lipinski definition) is 3. The van der Waals surface area contributed by atoms with Crippen molar-refractivity contribution in [2.24, 2.45) is 0 Å². The van der Waals surface area contributed by atoms with E-state index in [4.69, 9.17) is 4.74 Å². The minimum absolute atomic E-state index is 0.118. The normalized spacial score (nSPS) is 35.6. The SMILES string of the molecule is CCCO[C@@]12CCC(=O)C[C@@]13CCN[C@@H]2Cc1c(C)cccc13. The van der Waals surface area contributed by atoms with Crippen LogP contribution in [0.1, 0.15) is 55.7 Å². The molecule has 3 heteroatoms. The molecule has 0 unspecified atom stereocenters. The molecule has 2 bridgehead atoms. The monoisotopic (exact) mass is 313 g/mol. The minimum atomic E-state index is -0.198. The zero-order valence-electron chi connectivity index (χ0n) is 14.3. The average Bonchev–Trinajstić information content (AvgIpc) is 2.54. The molecule has 1 aromatic rings. The van der Waals surface area contributed by atoms with E-state index in [0.29, 0.717) is 24.7 Å². The Labute approximate surface area is 138 Å². The lowest BCUT2D eigenvalue weighted by molar-refractivity contribution is -0.173. The Hall–Kier alpha value is -1.19. The highest BCUT2D eigenvalue weighted by Crippen LogP contribution is 2.57. The van der Waals surface area contributed by atoms with Crippen LogP contribution >= 0.6 is 0 Å². The van der Waals surface area contributed by atoms with Gasteiger partial charge in [0.2, 0.25) is 0 Å². The quantitative estimate of drug-likeness (QED) is 0.932. The second-order valence-electron chi connectivity index (χ2n) is 7.60. The Bertz CT molecular complexity index is 641. The highest BCUT2D eigenvalue weighted by molar-refractivity contribution is 5.82. The number of aryl methyl sites for hydroxylation is 1. The van der Waals surface area contributed by atoms with E-state index in [-0.39, 0.29) is 11.0 Å². The Kier molecular flexibility index (Phi) is 3.62. The number of carbonyl (C=O) groups excluding carboxylic acids is 1. The number of hydrogen-bond donors (Lipinski definition) is 1. The van der Waals surface area contributed by atoms with Crippen LogP contribution in [0.3, 0.4) is 0 Å². The van der Waals surface area contributed by atoms with Gasteiger partial charge in [-0.05, 0) is 55.8 Å². The Morgan fingerprint density at radius 3 is 3.04 bits per heavy atom. The molecule has 2 fully saturated rings. The van der Waals surface area contributed by atoms with Crippen molar-refractivity contribution in [1.29, 1.82) is 0 Å². The predicted octanol–water partition coefficient (Wildman–Crippen LogP) is 3.07. The van der Waals surface area contributed by atoms with E-state index in [9.17, 15) is 4.79 Å². The number of ketones is 1. The maximum absolute atomic E-state index is 12.4. The van der Waals surface area contributed by atoms with Crippen molar-refractivity contribution >= 4 is 5.78 Å². The number of rotatable bonds is 3. The van der Waals surface area contributed by atoms with Crippen LogP contribution in [-0.4, -0.2) is 30.6 Å². The number of nitrogens with one attached hydrogen (secondary N) is 1. The molecule has 0 amide bonds. The first-order chi connectivity index (χ1) is 11.1. The molecular weight excluding hydrogens is 286 g/mol. The first-order valence-electron chi connectivity index (χ1n) is 9.11. The molecule has 3 nitrogen and oxygen atoms in total. The van der Waals surface area contributed by atoms with Crippen molar-refractivity contribution in [3.05, 3.63) is 34.9 Å². The van der Waals surface area contributed by atoms with E-state index < -0.39 is 0 Å². The molecule has 23 heavy (non-hydrogen) atoms. The van der Waals surface area contributed by atoms with Crippen LogP contribution in [-0.2, 0) is 21.4 Å². The third-order valence-corrected chi connectivity index (χ3v) is 6.49. The molecule has 1 saturated carbocycles. The summed E-state index contributed by atoms with van der Waals surface area (Å²) in [6.45, 7) is 6.15. The maximum atomic E-state index is 12.4. The van der Waals surface area contributed by atoms with Crippen LogP contribution in [0.15, 0.2) is 18.2 Å². The summed E-state index contributed by atoms with van der Waals surface area (Å²) < 4.78 is 6.61. The van der Waals surface area contributed by atoms with Gasteiger partial charge in [-0.2, -0.15) is 0 Å². The van der Waals surface area contributed by atoms with Crippen molar-refractivity contribution in [2.75, 3.05) is 13.2 Å². The fourth-order valence-electron chi connectivity index (χ4n) is 5.49. The van der Waals surface area contributed by atoms with E-state index in [1.165, 1.54) is 16.7 Å². The van der Waals surface area contributed by atoms with Gasteiger partial charge in [-0.15, -0.1) is 0 Å². The molecule has 1 saturated heterocycles. The number of Topliss-reactive ketones (excluding diaryl/α,β-unsaturated/α-hetero) is 1. The van der Waals surface area contributed by atoms with Crippen molar-refractivity contribution in [3.8, 4) is 0 Å². The molecule has 4 rings (SSSR count). The van der Waals surface area contributed by atoms with E-state index in [1.807, 2.05) is 0 Å². The van der Waals surface area contributed by atoms with Crippen molar-refractivity contribution in [3.63, 3.8) is 0 Å². The standard InChI is InChI=1S/C20H27NO2/c1-3-11-23-20-8-7-15(22)13-19(20)9-10-21-18(20)12-16-14(2)5-4-6-17(16)19/h4-6,18,21H,3,7-13H2,1-2H3/t18-,19-,20-/m1/s1. The number of carbonyl (C=O) groups is 1. The van der Waals surface area contributed by atoms with Gasteiger partial charge in [0.25, 0.3) is 0 Å². The van der Waals surface area contributed by atoms with E-state index in [0.717, 1.165) is 38.8 Å². The average molecular weight is 313 g/mol. The highest BCUT2D eigenvalue weighted by atomic mass is 16.5. The highest BCUT2D eigenvalue weighted by Gasteiger charge is 2.64. The van der Waals surface area contributed by atoms with E-state index >= 15 is 0 Å². The predicted molar refractivity (Wildman–Crippen MR) is 90.8 cm³/mol. The zero-order valence-corrected chi connectivity index (χ0v) is 14.3. The lowest BCUT2D eigenvalue weighted by Crippen LogP contribution is -2.73. The van der Waals surface area contributed by atoms with E-state index in [2.05, 4.69) is 37.4 Å². The van der Waals surface area contributed by atoms with Gasteiger partial charge >= 0.3 is 0 Å². The van der Waals surface area contributed by atoms with Crippen molar-refractivity contribution < 1.29 is 9.53 Å². The number of fused-ring (bicyclic) bond motifs is 1. The third kappa shape index (κ3) is 1.99. The van der Waals surface area contributed by atoms with Crippen molar-refractivity contribution in [1.82, 2.24) is 5.32 Å². The summed E-state index contributed by atoms with van der Waals surface area (Å²) in [7, 11) is 0. The summed E-state index contributed by atoms with van der Waals surface area (Å²) in [6, 6.07) is 6.97. The first-order valence-corrected chi connectivity index (χ1v) is 9.11. The molecule has 0 radical (unpaired) electrons. The summed E-state index contributed by atoms with van der Waals surface area (Å²) in [5.41, 5.74) is 3.90. The largest absolute Gasteiger partial charge is 0.372 e. The fraction of sp³-hybridized carbons (Fsp3) is 0.650. The van der Waals surface area contributed by atoms with Gasteiger partial charge in [0.05, 0.1) is 5.60 Å². The molecule has 1 aromatic carbocycles. The Morgan fingerprint density at radius 1 is 1.35 bits per heavy atom. The fourth-order valence-corrected chi connectivity index (χ4v) is 5.49. The number of ether oxygens (including phenoxy) is 1. The number of benzene rings is 1. The lowest BCUT2D eigenvalue weighted by atomic mass is 9.49. The third-order valence-electron chi connectivity index (χ3n) is 6.49.